The Balaban J connectivity index is 2.41. The Morgan fingerprint density at radius 2 is 2.08 bits per heavy atom. The summed E-state index contributed by atoms with van der Waals surface area (Å²) in [5.41, 5.74) is -1.52. The van der Waals surface area contributed by atoms with Gasteiger partial charge in [0.1, 0.15) is 17.5 Å². The molecule has 0 unspecified atom stereocenters. The molecule has 0 aliphatic heterocycles. The van der Waals surface area contributed by atoms with Crippen LogP contribution >= 0.6 is 11.6 Å². The van der Waals surface area contributed by atoms with Crippen molar-refractivity contribution in [3.05, 3.63) is 68.5 Å². The average Bonchev–Trinajstić information content (AvgIpc) is 2.56. The summed E-state index contributed by atoms with van der Waals surface area (Å²) in [5.74, 6) is -2.40. The molecular weight excluding hydrogens is 353 g/mol. The molecule has 0 aliphatic carbocycles. The number of nitro benzene ring substituents is 1. The Kier molecular flexibility index (Phi) is 5.31. The predicted molar refractivity (Wildman–Crippen MR) is 88.4 cm³/mol. The minimum absolute atomic E-state index is 0.0671. The molecule has 0 heterocycles. The van der Waals surface area contributed by atoms with Gasteiger partial charge >= 0.3 is 5.69 Å². The molecule has 0 aliphatic rings. The smallest absolute Gasteiger partial charge is 0.312 e. The molecule has 2 N–H and O–H groups in total. The van der Waals surface area contributed by atoms with Gasteiger partial charge in [-0.25, -0.2) is 4.39 Å². The summed E-state index contributed by atoms with van der Waals surface area (Å²) in [6, 6.07) is 9.00. The average molecular weight is 362 g/mol. The van der Waals surface area contributed by atoms with E-state index in [-0.39, 0.29) is 16.3 Å². The molecule has 25 heavy (non-hydrogen) atoms. The van der Waals surface area contributed by atoms with Crippen molar-refractivity contribution < 1.29 is 19.2 Å². The maximum absolute atomic E-state index is 13.6. The first-order valence-corrected chi connectivity index (χ1v) is 7.06. The van der Waals surface area contributed by atoms with Crippen molar-refractivity contribution in [2.75, 3.05) is 5.32 Å². The lowest BCUT2D eigenvalue weighted by Crippen LogP contribution is -2.14. The Morgan fingerprint density at radius 3 is 2.68 bits per heavy atom. The molecule has 1 amide bonds. The van der Waals surface area contributed by atoms with Crippen LogP contribution in [-0.2, 0) is 4.79 Å². The van der Waals surface area contributed by atoms with Crippen LogP contribution in [0.2, 0.25) is 5.02 Å². The second-order valence-corrected chi connectivity index (χ2v) is 5.16. The van der Waals surface area contributed by atoms with Crippen molar-refractivity contribution in [2.24, 2.45) is 0 Å². The number of nitrogens with one attached hydrogen (secondary N) is 1. The summed E-state index contributed by atoms with van der Waals surface area (Å²) in [6.45, 7) is 0. The summed E-state index contributed by atoms with van der Waals surface area (Å²) in [4.78, 5) is 22.1. The zero-order valence-corrected chi connectivity index (χ0v) is 13.1. The summed E-state index contributed by atoms with van der Waals surface area (Å²) in [6.07, 6.45) is 0.921. The number of phenols is 1. The highest BCUT2D eigenvalue weighted by Crippen LogP contribution is 2.34. The monoisotopic (exact) mass is 361 g/mol. The maximum atomic E-state index is 13.6. The van der Waals surface area contributed by atoms with Crippen LogP contribution in [0.15, 0.2) is 42.0 Å². The highest BCUT2D eigenvalue weighted by atomic mass is 35.5. The van der Waals surface area contributed by atoms with Gasteiger partial charge in [-0.2, -0.15) is 5.26 Å². The number of halogens is 2. The minimum atomic E-state index is -0.949. The molecule has 0 saturated carbocycles. The Morgan fingerprint density at radius 1 is 1.40 bits per heavy atom. The largest absolute Gasteiger partial charge is 0.502 e. The minimum Gasteiger partial charge on any atom is -0.502 e. The van der Waals surface area contributed by atoms with E-state index in [1.165, 1.54) is 18.2 Å². The first-order chi connectivity index (χ1) is 11.8. The van der Waals surface area contributed by atoms with Gasteiger partial charge in [-0.1, -0.05) is 23.7 Å². The molecule has 2 aromatic rings. The first kappa shape index (κ1) is 17.9. The van der Waals surface area contributed by atoms with Crippen molar-refractivity contribution >= 4 is 35.0 Å². The molecule has 0 saturated heterocycles. The number of nitriles is 1. The van der Waals surface area contributed by atoms with Gasteiger partial charge in [0.25, 0.3) is 5.91 Å². The topological polar surface area (TPSA) is 116 Å². The lowest BCUT2D eigenvalue weighted by Gasteiger charge is -2.06. The van der Waals surface area contributed by atoms with E-state index in [2.05, 4.69) is 5.32 Å². The van der Waals surface area contributed by atoms with Crippen molar-refractivity contribution in [2.45, 2.75) is 0 Å². The van der Waals surface area contributed by atoms with Crippen LogP contribution in [0.1, 0.15) is 5.56 Å². The normalized spacial score (nSPS) is 10.8. The van der Waals surface area contributed by atoms with Crippen molar-refractivity contribution in [3.8, 4) is 11.8 Å². The maximum Gasteiger partial charge on any atom is 0.312 e. The Hall–Kier alpha value is -3.44. The third kappa shape index (κ3) is 4.10. The highest BCUT2D eigenvalue weighted by molar-refractivity contribution is 6.31. The van der Waals surface area contributed by atoms with Gasteiger partial charge in [0.15, 0.2) is 0 Å². The fourth-order valence-electron chi connectivity index (χ4n) is 1.91. The molecule has 2 aromatic carbocycles. The molecular formula is C16H9ClFN3O4. The van der Waals surface area contributed by atoms with Gasteiger partial charge in [0.05, 0.1) is 10.6 Å². The summed E-state index contributed by atoms with van der Waals surface area (Å²) < 4.78 is 13.6. The zero-order chi connectivity index (χ0) is 18.6. The number of rotatable bonds is 4. The lowest BCUT2D eigenvalue weighted by molar-refractivity contribution is -0.385. The third-order valence-electron chi connectivity index (χ3n) is 3.07. The van der Waals surface area contributed by atoms with E-state index >= 15 is 0 Å². The summed E-state index contributed by atoms with van der Waals surface area (Å²) >= 11 is 5.74. The Bertz CT molecular complexity index is 937. The number of hydrogen-bond donors (Lipinski definition) is 2. The van der Waals surface area contributed by atoms with Gasteiger partial charge in [-0.3, -0.25) is 14.9 Å². The van der Waals surface area contributed by atoms with Crippen LogP contribution in [0.25, 0.3) is 6.08 Å². The van der Waals surface area contributed by atoms with Gasteiger partial charge in [-0.15, -0.1) is 0 Å². The van der Waals surface area contributed by atoms with Crippen LogP contribution in [0.3, 0.4) is 0 Å². The number of para-hydroxylation sites is 1. The molecule has 7 nitrogen and oxygen atoms in total. The van der Waals surface area contributed by atoms with Crippen molar-refractivity contribution in [1.29, 1.82) is 5.26 Å². The molecule has 0 spiro atoms. The van der Waals surface area contributed by atoms with Crippen LogP contribution in [0, 0.1) is 27.3 Å². The van der Waals surface area contributed by atoms with Gasteiger partial charge in [0.2, 0.25) is 5.75 Å². The van der Waals surface area contributed by atoms with E-state index in [1.54, 1.807) is 6.07 Å². The van der Waals surface area contributed by atoms with Crippen LogP contribution in [0.4, 0.5) is 15.8 Å². The van der Waals surface area contributed by atoms with Gasteiger partial charge < -0.3 is 10.4 Å². The number of carbonyl (C=O) groups excluding carboxylic acids is 1. The number of nitro groups is 1. The SMILES string of the molecule is N#C/C(=C/c1cc(Cl)cc([N+](=O)[O-])c1O)C(=O)Nc1ccccc1F. The molecule has 0 fully saturated rings. The Labute approximate surface area is 145 Å². The standard InChI is InChI=1S/C16H9ClFN3O4/c17-11-6-9(15(22)14(7-11)21(24)25)5-10(8-19)16(23)20-13-4-2-1-3-12(13)18/h1-7,22H,(H,20,23)/b10-5-. The van der Waals surface area contributed by atoms with Crippen molar-refractivity contribution in [1.82, 2.24) is 0 Å². The van der Waals surface area contributed by atoms with E-state index in [0.29, 0.717) is 0 Å². The summed E-state index contributed by atoms with van der Waals surface area (Å²) in [5, 5.41) is 32.0. The number of hydrogen-bond acceptors (Lipinski definition) is 5. The fraction of sp³-hybridized carbons (Fsp3) is 0. The highest BCUT2D eigenvalue weighted by Gasteiger charge is 2.19. The molecule has 0 aromatic heterocycles. The van der Waals surface area contributed by atoms with Crippen molar-refractivity contribution in [3.63, 3.8) is 0 Å². The van der Waals surface area contributed by atoms with E-state index in [1.807, 2.05) is 0 Å². The second-order valence-electron chi connectivity index (χ2n) is 4.72. The lowest BCUT2D eigenvalue weighted by atomic mass is 10.1. The fourth-order valence-corrected chi connectivity index (χ4v) is 2.13. The molecule has 126 valence electrons. The van der Waals surface area contributed by atoms with E-state index < -0.39 is 33.7 Å². The summed E-state index contributed by atoms with van der Waals surface area (Å²) in [7, 11) is 0. The first-order valence-electron chi connectivity index (χ1n) is 6.68. The second kappa shape index (κ2) is 7.42. The van der Waals surface area contributed by atoms with Gasteiger partial charge in [-0.05, 0) is 24.3 Å². The molecule has 2 rings (SSSR count). The quantitative estimate of drug-likeness (QED) is 0.373. The van der Waals surface area contributed by atoms with E-state index in [0.717, 1.165) is 24.3 Å². The number of phenolic OH excluding ortho intramolecular Hbond substituents is 1. The molecule has 0 radical (unpaired) electrons. The number of nitrogens with zero attached hydrogens (tertiary/aromatic N) is 2. The van der Waals surface area contributed by atoms with Gasteiger partial charge in [0, 0.05) is 16.7 Å². The molecule has 0 bridgehead atoms. The number of amides is 1. The van der Waals surface area contributed by atoms with Crippen LogP contribution in [-0.4, -0.2) is 15.9 Å². The van der Waals surface area contributed by atoms with E-state index in [9.17, 15) is 24.4 Å². The predicted octanol–water partition coefficient (Wildman–Crippen LogP) is 3.64. The number of benzene rings is 2. The van der Waals surface area contributed by atoms with Crippen LogP contribution < -0.4 is 5.32 Å². The van der Waals surface area contributed by atoms with Crippen LogP contribution in [0.5, 0.6) is 5.75 Å². The number of anilines is 1. The number of aromatic hydroxyl groups is 1. The van der Waals surface area contributed by atoms with E-state index in [4.69, 9.17) is 16.9 Å². The molecule has 9 heteroatoms. The number of carbonyl (C=O) groups is 1. The zero-order valence-electron chi connectivity index (χ0n) is 12.4. The third-order valence-corrected chi connectivity index (χ3v) is 3.29. The molecule has 0 atom stereocenters.